The minimum absolute atomic E-state index is 0.0342. The van der Waals surface area contributed by atoms with Gasteiger partial charge in [-0.25, -0.2) is 9.69 Å². The first kappa shape index (κ1) is 23.5. The molecule has 1 aliphatic rings. The third-order valence-electron chi connectivity index (χ3n) is 4.99. The van der Waals surface area contributed by atoms with Crippen LogP contribution in [0.25, 0.3) is 6.08 Å². The maximum Gasteiger partial charge on any atom is 0.335 e. The van der Waals surface area contributed by atoms with Crippen LogP contribution < -0.4 is 15.0 Å². The van der Waals surface area contributed by atoms with Gasteiger partial charge in [0.15, 0.2) is 0 Å². The van der Waals surface area contributed by atoms with Gasteiger partial charge < -0.3 is 9.84 Å². The van der Waals surface area contributed by atoms with E-state index in [0.29, 0.717) is 16.9 Å². The first-order valence-electron chi connectivity index (χ1n) is 10.1. The lowest BCUT2D eigenvalue weighted by atomic mass is 10.1. The van der Waals surface area contributed by atoms with Crippen LogP contribution in [0, 0.1) is 10.1 Å². The second kappa shape index (κ2) is 9.65. The summed E-state index contributed by atoms with van der Waals surface area (Å²) < 4.78 is 5.65. The number of benzene rings is 3. The molecule has 0 aromatic heterocycles. The number of urea groups is 1. The minimum Gasteiger partial charge on any atom is -0.508 e. The Morgan fingerprint density at radius 3 is 2.49 bits per heavy atom. The van der Waals surface area contributed by atoms with Gasteiger partial charge in [-0.05, 0) is 53.6 Å². The minimum atomic E-state index is -0.911. The molecule has 0 bridgehead atoms. The van der Waals surface area contributed by atoms with Crippen molar-refractivity contribution in [2.45, 2.75) is 6.61 Å². The van der Waals surface area contributed by atoms with Crippen molar-refractivity contribution in [3.8, 4) is 11.5 Å². The van der Waals surface area contributed by atoms with Crippen molar-refractivity contribution in [3.63, 3.8) is 0 Å². The number of nitrogens with zero attached hydrogens (tertiary/aromatic N) is 2. The number of ether oxygens (including phenoxy) is 1. The van der Waals surface area contributed by atoms with Crippen molar-refractivity contribution in [2.75, 3.05) is 4.90 Å². The van der Waals surface area contributed by atoms with E-state index in [1.54, 1.807) is 18.2 Å². The molecule has 0 atom stereocenters. The van der Waals surface area contributed by atoms with Crippen LogP contribution in [0.5, 0.6) is 11.5 Å². The molecule has 3 aromatic rings. The molecule has 0 spiro atoms. The number of carbonyl (C=O) groups is 3. The summed E-state index contributed by atoms with van der Waals surface area (Å²) >= 11 is 6.29. The van der Waals surface area contributed by atoms with E-state index >= 15 is 0 Å². The van der Waals surface area contributed by atoms with Crippen molar-refractivity contribution in [1.29, 1.82) is 0 Å². The van der Waals surface area contributed by atoms with Crippen molar-refractivity contribution in [1.82, 2.24) is 5.32 Å². The fourth-order valence-corrected chi connectivity index (χ4v) is 3.55. The number of halogens is 1. The molecule has 0 aliphatic carbocycles. The summed E-state index contributed by atoms with van der Waals surface area (Å²) in [7, 11) is 0. The number of hydrogen-bond acceptors (Lipinski definition) is 7. The molecular formula is C24H16ClN3O7. The van der Waals surface area contributed by atoms with E-state index < -0.39 is 22.8 Å². The van der Waals surface area contributed by atoms with Crippen molar-refractivity contribution >= 4 is 46.9 Å². The van der Waals surface area contributed by atoms with Crippen LogP contribution in [0.2, 0.25) is 5.02 Å². The molecule has 0 unspecified atom stereocenters. The number of phenolic OH excluding ortho intramolecular Hbond substituents is 1. The molecule has 3 aromatic carbocycles. The van der Waals surface area contributed by atoms with Gasteiger partial charge in [0, 0.05) is 12.1 Å². The Bertz CT molecular complexity index is 1390. The Labute approximate surface area is 203 Å². The van der Waals surface area contributed by atoms with E-state index in [9.17, 15) is 29.6 Å². The van der Waals surface area contributed by atoms with Crippen LogP contribution in [0.15, 0.2) is 72.3 Å². The second-order valence-electron chi connectivity index (χ2n) is 7.38. The third kappa shape index (κ3) is 5.12. The molecule has 11 heteroatoms. The summed E-state index contributed by atoms with van der Waals surface area (Å²) in [5.41, 5.74) is 0.793. The fourth-order valence-electron chi connectivity index (χ4n) is 3.31. The van der Waals surface area contributed by atoms with Gasteiger partial charge in [0.05, 0.1) is 15.6 Å². The maximum absolute atomic E-state index is 12.9. The highest BCUT2D eigenvalue weighted by Crippen LogP contribution is 2.29. The average Bonchev–Trinajstić information content (AvgIpc) is 2.82. The summed E-state index contributed by atoms with van der Waals surface area (Å²) in [6.07, 6.45) is 1.29. The summed E-state index contributed by atoms with van der Waals surface area (Å²) in [6, 6.07) is 15.0. The number of imide groups is 2. The molecule has 1 fully saturated rings. The summed E-state index contributed by atoms with van der Waals surface area (Å²) in [5, 5.41) is 22.6. The van der Waals surface area contributed by atoms with Gasteiger partial charge >= 0.3 is 6.03 Å². The lowest BCUT2D eigenvalue weighted by Gasteiger charge is -2.26. The third-order valence-corrected chi connectivity index (χ3v) is 5.29. The Hall–Kier alpha value is -4.70. The van der Waals surface area contributed by atoms with Crippen LogP contribution in [0.3, 0.4) is 0 Å². The number of nitrogens with one attached hydrogen (secondary N) is 1. The largest absolute Gasteiger partial charge is 0.508 e. The van der Waals surface area contributed by atoms with Gasteiger partial charge in [0.2, 0.25) is 0 Å². The average molecular weight is 494 g/mol. The van der Waals surface area contributed by atoms with Gasteiger partial charge in [-0.1, -0.05) is 29.8 Å². The number of carbonyl (C=O) groups excluding carboxylic acids is 3. The Morgan fingerprint density at radius 1 is 1.06 bits per heavy atom. The van der Waals surface area contributed by atoms with Gasteiger partial charge in [0.25, 0.3) is 17.5 Å². The van der Waals surface area contributed by atoms with Crippen molar-refractivity contribution in [2.24, 2.45) is 0 Å². The standard InChI is InChI=1S/C24H16ClN3O7/c25-20-12-14(4-9-21(20)35-13-15-2-1-3-17(10-15)28(33)34)11-19-22(30)26-24(32)27(23(19)31)16-5-7-18(29)8-6-16/h1-12,29H,13H2,(H,26,30,32). The maximum atomic E-state index is 12.9. The summed E-state index contributed by atoms with van der Waals surface area (Å²) in [6.45, 7) is 0.0342. The fraction of sp³-hybridized carbons (Fsp3) is 0.0417. The van der Waals surface area contributed by atoms with E-state index in [2.05, 4.69) is 5.32 Å². The monoisotopic (exact) mass is 493 g/mol. The summed E-state index contributed by atoms with van der Waals surface area (Å²) in [5.74, 6) is -1.46. The highest BCUT2D eigenvalue weighted by Gasteiger charge is 2.36. The van der Waals surface area contributed by atoms with Crippen LogP contribution in [-0.2, 0) is 16.2 Å². The number of phenols is 1. The van der Waals surface area contributed by atoms with Crippen LogP contribution in [-0.4, -0.2) is 27.9 Å². The van der Waals surface area contributed by atoms with Gasteiger partial charge in [-0.2, -0.15) is 0 Å². The molecule has 176 valence electrons. The molecule has 4 amide bonds. The normalized spacial score (nSPS) is 14.7. The Balaban J connectivity index is 1.54. The number of non-ortho nitro benzene ring substituents is 1. The van der Waals surface area contributed by atoms with Crippen molar-refractivity contribution < 1.29 is 29.2 Å². The smallest absolute Gasteiger partial charge is 0.335 e. The predicted molar refractivity (Wildman–Crippen MR) is 126 cm³/mol. The Kier molecular flexibility index (Phi) is 6.47. The molecule has 1 heterocycles. The van der Waals surface area contributed by atoms with Crippen LogP contribution >= 0.6 is 11.6 Å². The number of rotatable bonds is 6. The highest BCUT2D eigenvalue weighted by atomic mass is 35.5. The molecular weight excluding hydrogens is 478 g/mol. The number of hydrogen-bond donors (Lipinski definition) is 2. The molecule has 0 saturated carbocycles. The first-order valence-corrected chi connectivity index (χ1v) is 10.5. The number of anilines is 1. The molecule has 10 nitrogen and oxygen atoms in total. The van der Waals surface area contributed by atoms with E-state index in [1.807, 2.05) is 0 Å². The van der Waals surface area contributed by atoms with Crippen LogP contribution in [0.4, 0.5) is 16.2 Å². The zero-order chi connectivity index (χ0) is 25.1. The Morgan fingerprint density at radius 2 is 1.80 bits per heavy atom. The number of nitro benzene ring substituents is 1. The van der Waals surface area contributed by atoms with Crippen LogP contribution in [0.1, 0.15) is 11.1 Å². The molecule has 35 heavy (non-hydrogen) atoms. The molecule has 2 N–H and O–H groups in total. The van der Waals surface area contributed by atoms with Crippen molar-refractivity contribution in [3.05, 3.63) is 98.6 Å². The van der Waals surface area contributed by atoms with E-state index in [0.717, 1.165) is 4.90 Å². The number of barbiturate groups is 1. The zero-order valence-electron chi connectivity index (χ0n) is 17.8. The van der Waals surface area contributed by atoms with E-state index in [-0.39, 0.29) is 34.3 Å². The second-order valence-corrected chi connectivity index (χ2v) is 7.79. The lowest BCUT2D eigenvalue weighted by molar-refractivity contribution is -0.384. The van der Waals surface area contributed by atoms with E-state index in [4.69, 9.17) is 16.3 Å². The predicted octanol–water partition coefficient (Wildman–Crippen LogP) is 4.20. The zero-order valence-corrected chi connectivity index (χ0v) is 18.6. The van der Waals surface area contributed by atoms with E-state index in [1.165, 1.54) is 54.6 Å². The topological polar surface area (TPSA) is 139 Å². The SMILES string of the molecule is O=C1NC(=O)N(c2ccc(O)cc2)C(=O)C1=Cc1ccc(OCc2cccc([N+](=O)[O-])c2)c(Cl)c1. The molecule has 0 radical (unpaired) electrons. The first-order chi connectivity index (χ1) is 16.7. The van der Waals surface area contributed by atoms with Gasteiger partial charge in [-0.3, -0.25) is 25.0 Å². The highest BCUT2D eigenvalue weighted by molar-refractivity contribution is 6.39. The number of nitro groups is 1. The quantitative estimate of drug-likeness (QED) is 0.227. The molecule has 1 aliphatic heterocycles. The molecule has 1 saturated heterocycles. The van der Waals surface area contributed by atoms with Gasteiger partial charge in [-0.15, -0.1) is 0 Å². The lowest BCUT2D eigenvalue weighted by Crippen LogP contribution is -2.54. The molecule has 4 rings (SSSR count). The number of aromatic hydroxyl groups is 1. The van der Waals surface area contributed by atoms with Gasteiger partial charge in [0.1, 0.15) is 23.7 Å². The number of amides is 4. The summed E-state index contributed by atoms with van der Waals surface area (Å²) in [4.78, 5) is 48.7.